The molecule has 43 heavy (non-hydrogen) atoms. The number of nitrogen functional groups attached to an aromatic ring is 1. The summed E-state index contributed by atoms with van der Waals surface area (Å²) in [5.41, 5.74) is 9.90. The van der Waals surface area contributed by atoms with Crippen molar-refractivity contribution in [3.05, 3.63) is 48.7 Å². The molecule has 0 saturated carbocycles. The van der Waals surface area contributed by atoms with Crippen LogP contribution in [0.4, 0.5) is 22.0 Å². The van der Waals surface area contributed by atoms with Gasteiger partial charge in [-0.05, 0) is 37.1 Å². The Kier molecular flexibility index (Phi) is 8.61. The van der Waals surface area contributed by atoms with Crippen molar-refractivity contribution in [3.63, 3.8) is 0 Å². The number of aromatic nitrogens is 3. The minimum absolute atomic E-state index is 0.144. The van der Waals surface area contributed by atoms with Crippen molar-refractivity contribution in [3.8, 4) is 22.9 Å². The van der Waals surface area contributed by atoms with Gasteiger partial charge in [0.05, 0.1) is 11.4 Å². The van der Waals surface area contributed by atoms with E-state index in [-0.39, 0.29) is 6.79 Å². The summed E-state index contributed by atoms with van der Waals surface area (Å²) in [6.45, 7) is 5.48. The van der Waals surface area contributed by atoms with Crippen LogP contribution in [-0.4, -0.2) is 115 Å². The first kappa shape index (κ1) is 28.7. The highest BCUT2D eigenvalue weighted by Gasteiger charge is 2.41. The molecule has 13 heteroatoms. The van der Waals surface area contributed by atoms with E-state index in [0.717, 1.165) is 49.4 Å². The molecule has 2 aromatic heterocycles. The third-order valence-corrected chi connectivity index (χ3v) is 8.44. The topological polar surface area (TPSA) is 143 Å². The first-order chi connectivity index (χ1) is 21.0. The summed E-state index contributed by atoms with van der Waals surface area (Å²) >= 11 is 0. The Hall–Kier alpha value is -4.36. The molecule has 3 aliphatic rings. The van der Waals surface area contributed by atoms with Crippen LogP contribution in [0.25, 0.3) is 11.3 Å². The van der Waals surface area contributed by atoms with E-state index in [0.29, 0.717) is 68.0 Å². The van der Waals surface area contributed by atoms with Crippen molar-refractivity contribution < 1.29 is 24.1 Å². The number of para-hydroxylation sites is 1. The Morgan fingerprint density at radius 2 is 1.79 bits per heavy atom. The number of benzene rings is 1. The first-order valence-corrected chi connectivity index (χ1v) is 14.7. The average molecular weight is 591 g/mol. The molecular formula is C30H38N8O5. The zero-order valence-corrected chi connectivity index (χ0v) is 24.3. The molecule has 0 aliphatic carbocycles. The Bertz CT molecular complexity index is 1400. The van der Waals surface area contributed by atoms with E-state index in [2.05, 4.69) is 35.9 Å². The SMILES string of the molecule is COCOc1ccccc1-c1cc(N2CC3CCC(C2)N3c2ccnc(OCCN3CCN(C(=O)O)CC3)c2)c(N)nn1. The third kappa shape index (κ3) is 6.37. The monoisotopic (exact) mass is 590 g/mol. The zero-order chi connectivity index (χ0) is 29.8. The fraction of sp³-hybridized carbons (Fsp3) is 0.467. The van der Waals surface area contributed by atoms with Crippen molar-refractivity contribution in [1.82, 2.24) is 25.0 Å². The number of hydrogen-bond donors (Lipinski definition) is 2. The van der Waals surface area contributed by atoms with E-state index in [4.69, 9.17) is 25.1 Å². The largest absolute Gasteiger partial charge is 0.476 e. The third-order valence-electron chi connectivity index (χ3n) is 8.44. The van der Waals surface area contributed by atoms with Gasteiger partial charge in [-0.15, -0.1) is 10.2 Å². The van der Waals surface area contributed by atoms with Gasteiger partial charge in [0.2, 0.25) is 5.88 Å². The molecule has 3 saturated heterocycles. The van der Waals surface area contributed by atoms with Crippen LogP contribution >= 0.6 is 0 Å². The number of amides is 1. The number of carboxylic acid groups (broad SMARTS) is 1. The number of anilines is 3. The van der Waals surface area contributed by atoms with E-state index in [1.54, 1.807) is 7.11 Å². The molecule has 1 amide bonds. The normalized spacial score (nSPS) is 20.3. The summed E-state index contributed by atoms with van der Waals surface area (Å²) < 4.78 is 16.9. The summed E-state index contributed by atoms with van der Waals surface area (Å²) in [6, 6.07) is 14.4. The van der Waals surface area contributed by atoms with Gasteiger partial charge in [-0.1, -0.05) is 12.1 Å². The molecule has 2 bridgehead atoms. The fourth-order valence-corrected chi connectivity index (χ4v) is 6.30. The number of methoxy groups -OCH3 is 1. The molecule has 5 heterocycles. The van der Waals surface area contributed by atoms with Gasteiger partial charge in [0, 0.05) is 88.5 Å². The molecule has 3 aliphatic heterocycles. The minimum atomic E-state index is -0.855. The predicted molar refractivity (Wildman–Crippen MR) is 162 cm³/mol. The summed E-state index contributed by atoms with van der Waals surface area (Å²) in [7, 11) is 1.59. The lowest BCUT2D eigenvalue weighted by molar-refractivity contribution is 0.0515. The maximum Gasteiger partial charge on any atom is 0.407 e. The number of nitrogens with zero attached hydrogens (tertiary/aromatic N) is 7. The molecule has 3 fully saturated rings. The van der Waals surface area contributed by atoms with Gasteiger partial charge >= 0.3 is 6.09 Å². The number of rotatable bonds is 10. The number of piperazine rings is 2. The molecule has 6 rings (SSSR count). The molecule has 3 aromatic rings. The van der Waals surface area contributed by atoms with Crippen LogP contribution in [0.1, 0.15) is 12.8 Å². The van der Waals surface area contributed by atoms with E-state index >= 15 is 0 Å². The molecule has 3 N–H and O–H groups in total. The second-order valence-corrected chi connectivity index (χ2v) is 11.1. The predicted octanol–water partition coefficient (Wildman–Crippen LogP) is 2.64. The molecule has 0 spiro atoms. The van der Waals surface area contributed by atoms with E-state index < -0.39 is 6.09 Å². The molecule has 2 atom stereocenters. The standard InChI is InChI=1S/C30H38N8O5/c1-41-20-43-27-5-3-2-4-24(27)25-17-26(29(31)34-33-25)37-18-22-6-7-23(19-37)38(22)21-8-9-32-28(16-21)42-15-14-35-10-12-36(13-11-35)30(39)40/h2-5,8-9,16-17,22-23H,6-7,10-15,18-20H2,1H3,(H2,31,34)(H,39,40). The molecule has 2 unspecified atom stereocenters. The van der Waals surface area contributed by atoms with Gasteiger partial charge in [0.15, 0.2) is 12.6 Å². The Balaban J connectivity index is 1.10. The lowest BCUT2D eigenvalue weighted by Gasteiger charge is -2.43. The highest BCUT2D eigenvalue weighted by atomic mass is 16.7. The van der Waals surface area contributed by atoms with Crippen LogP contribution in [-0.2, 0) is 4.74 Å². The number of nitrogens with two attached hydrogens (primary N) is 1. The highest BCUT2D eigenvalue weighted by Crippen LogP contribution is 2.39. The summed E-state index contributed by atoms with van der Waals surface area (Å²) in [5.74, 6) is 1.69. The van der Waals surface area contributed by atoms with Gasteiger partial charge in [-0.25, -0.2) is 9.78 Å². The second-order valence-electron chi connectivity index (χ2n) is 11.1. The zero-order valence-electron chi connectivity index (χ0n) is 24.3. The molecule has 0 radical (unpaired) electrons. The molecule has 228 valence electrons. The Labute approximate surface area is 250 Å². The van der Waals surface area contributed by atoms with Crippen molar-refractivity contribution >= 4 is 23.3 Å². The van der Waals surface area contributed by atoms with Gasteiger partial charge in [0.1, 0.15) is 12.4 Å². The van der Waals surface area contributed by atoms with Crippen molar-refractivity contribution in [2.45, 2.75) is 24.9 Å². The number of ether oxygens (including phenoxy) is 3. The van der Waals surface area contributed by atoms with Crippen LogP contribution < -0.4 is 25.0 Å². The minimum Gasteiger partial charge on any atom is -0.476 e. The fourth-order valence-electron chi connectivity index (χ4n) is 6.30. The lowest BCUT2D eigenvalue weighted by Crippen LogP contribution is -2.54. The van der Waals surface area contributed by atoms with Gasteiger partial charge in [-0.2, -0.15) is 0 Å². The van der Waals surface area contributed by atoms with E-state index in [1.807, 2.05) is 42.6 Å². The molecule has 1 aromatic carbocycles. The average Bonchev–Trinajstić information content (AvgIpc) is 3.30. The molecule has 13 nitrogen and oxygen atoms in total. The van der Waals surface area contributed by atoms with E-state index in [9.17, 15) is 4.79 Å². The summed E-state index contributed by atoms with van der Waals surface area (Å²) in [5, 5.41) is 17.8. The second kappa shape index (κ2) is 12.9. The van der Waals surface area contributed by atoms with Crippen LogP contribution in [0, 0.1) is 0 Å². The van der Waals surface area contributed by atoms with Crippen LogP contribution in [0.3, 0.4) is 0 Å². The Morgan fingerprint density at radius 1 is 1.02 bits per heavy atom. The summed E-state index contributed by atoms with van der Waals surface area (Å²) in [4.78, 5) is 24.1. The van der Waals surface area contributed by atoms with Gasteiger partial charge in [0.25, 0.3) is 0 Å². The van der Waals surface area contributed by atoms with Crippen molar-refractivity contribution in [1.29, 1.82) is 0 Å². The quantitative estimate of drug-likeness (QED) is 0.335. The summed E-state index contributed by atoms with van der Waals surface area (Å²) in [6.07, 6.45) is 3.12. The first-order valence-electron chi connectivity index (χ1n) is 14.7. The van der Waals surface area contributed by atoms with Crippen LogP contribution in [0.5, 0.6) is 11.6 Å². The number of pyridine rings is 1. The van der Waals surface area contributed by atoms with Crippen LogP contribution in [0.15, 0.2) is 48.7 Å². The maximum atomic E-state index is 11.1. The number of fused-ring (bicyclic) bond motifs is 2. The van der Waals surface area contributed by atoms with E-state index in [1.165, 1.54) is 4.90 Å². The van der Waals surface area contributed by atoms with Crippen LogP contribution in [0.2, 0.25) is 0 Å². The van der Waals surface area contributed by atoms with Gasteiger partial charge < -0.3 is 39.8 Å². The van der Waals surface area contributed by atoms with Crippen molar-refractivity contribution in [2.75, 3.05) is 81.9 Å². The highest BCUT2D eigenvalue weighted by molar-refractivity contribution is 5.75. The number of carbonyl (C=O) groups is 1. The molecular weight excluding hydrogens is 552 g/mol. The Morgan fingerprint density at radius 3 is 2.53 bits per heavy atom. The lowest BCUT2D eigenvalue weighted by atomic mass is 10.1. The number of hydrogen-bond acceptors (Lipinski definition) is 11. The van der Waals surface area contributed by atoms with Crippen molar-refractivity contribution in [2.24, 2.45) is 0 Å². The maximum absolute atomic E-state index is 11.1. The smallest absolute Gasteiger partial charge is 0.407 e. The van der Waals surface area contributed by atoms with Gasteiger partial charge in [-0.3, -0.25) is 4.90 Å².